The molecule has 1 N–H and O–H groups in total. The molecule has 0 aliphatic rings. The minimum atomic E-state index is 0.268. The smallest absolute Gasteiger partial charge is 0.0667 e. The molecule has 0 amide bonds. The summed E-state index contributed by atoms with van der Waals surface area (Å²) >= 11 is 1.81. The van der Waals surface area contributed by atoms with Gasteiger partial charge in [-0.2, -0.15) is 0 Å². The van der Waals surface area contributed by atoms with Crippen molar-refractivity contribution >= 4 is 21.4 Å². The molecule has 1 heterocycles. The Hall–Kier alpha value is -0.900. The van der Waals surface area contributed by atoms with Crippen LogP contribution < -0.4 is 5.32 Å². The Morgan fingerprint density at radius 1 is 1.38 bits per heavy atom. The van der Waals surface area contributed by atoms with Crippen molar-refractivity contribution in [3.8, 4) is 0 Å². The van der Waals surface area contributed by atoms with Gasteiger partial charge in [0.15, 0.2) is 0 Å². The van der Waals surface area contributed by atoms with E-state index >= 15 is 0 Å². The van der Waals surface area contributed by atoms with Crippen LogP contribution in [-0.2, 0) is 11.3 Å². The normalized spacial score (nSPS) is 13.1. The Kier molecular flexibility index (Phi) is 3.93. The number of hydrogen-bond acceptors (Lipinski definition) is 3. The van der Waals surface area contributed by atoms with Gasteiger partial charge in [-0.05, 0) is 29.3 Å². The molecule has 1 unspecified atom stereocenters. The Balaban J connectivity index is 1.99. The Morgan fingerprint density at radius 2 is 2.19 bits per heavy atom. The van der Waals surface area contributed by atoms with E-state index in [4.69, 9.17) is 4.74 Å². The first-order valence-electron chi connectivity index (χ1n) is 5.50. The molecule has 86 valence electrons. The van der Waals surface area contributed by atoms with Crippen LogP contribution in [0.5, 0.6) is 0 Å². The van der Waals surface area contributed by atoms with Gasteiger partial charge in [0.2, 0.25) is 0 Å². The van der Waals surface area contributed by atoms with Crippen LogP contribution in [0.1, 0.15) is 12.5 Å². The van der Waals surface area contributed by atoms with Gasteiger partial charge in [-0.1, -0.05) is 18.2 Å². The summed E-state index contributed by atoms with van der Waals surface area (Å²) in [6.07, 6.45) is 0.268. The van der Waals surface area contributed by atoms with Crippen LogP contribution in [0.15, 0.2) is 29.6 Å². The Labute approximate surface area is 100 Å². The molecule has 0 saturated heterocycles. The predicted octanol–water partition coefficient (Wildman–Crippen LogP) is 3.03. The number of ether oxygens (including phenoxy) is 1. The maximum atomic E-state index is 5.20. The highest BCUT2D eigenvalue weighted by molar-refractivity contribution is 7.17. The SMILES string of the molecule is COC(C)CNCc1csc2ccccc12. The second-order valence-electron chi connectivity index (χ2n) is 3.93. The van der Waals surface area contributed by atoms with E-state index in [0.717, 1.165) is 13.1 Å². The van der Waals surface area contributed by atoms with Crippen molar-refractivity contribution in [3.05, 3.63) is 35.2 Å². The summed E-state index contributed by atoms with van der Waals surface area (Å²) in [4.78, 5) is 0. The molecule has 1 atom stereocenters. The predicted molar refractivity (Wildman–Crippen MR) is 70.0 cm³/mol. The van der Waals surface area contributed by atoms with Crippen molar-refractivity contribution in [2.45, 2.75) is 19.6 Å². The molecule has 2 rings (SSSR count). The van der Waals surface area contributed by atoms with Crippen molar-refractivity contribution in [2.75, 3.05) is 13.7 Å². The zero-order chi connectivity index (χ0) is 11.4. The number of hydrogen-bond donors (Lipinski definition) is 1. The van der Waals surface area contributed by atoms with Crippen molar-refractivity contribution in [1.29, 1.82) is 0 Å². The molecule has 0 saturated carbocycles. The van der Waals surface area contributed by atoms with Crippen LogP contribution in [0.25, 0.3) is 10.1 Å². The minimum Gasteiger partial charge on any atom is -0.380 e. The van der Waals surface area contributed by atoms with Gasteiger partial charge >= 0.3 is 0 Å². The van der Waals surface area contributed by atoms with Gasteiger partial charge in [0, 0.05) is 24.9 Å². The highest BCUT2D eigenvalue weighted by atomic mass is 32.1. The Morgan fingerprint density at radius 3 is 3.00 bits per heavy atom. The summed E-state index contributed by atoms with van der Waals surface area (Å²) in [6.45, 7) is 3.87. The average Bonchev–Trinajstić information content (AvgIpc) is 2.73. The maximum Gasteiger partial charge on any atom is 0.0667 e. The van der Waals surface area contributed by atoms with E-state index in [0.29, 0.717) is 0 Å². The number of methoxy groups -OCH3 is 1. The number of nitrogens with one attached hydrogen (secondary N) is 1. The standard InChI is InChI=1S/C13H17NOS/c1-10(15-2)7-14-8-11-9-16-13-6-4-3-5-12(11)13/h3-6,9-10,14H,7-8H2,1-2H3. The molecule has 0 fully saturated rings. The van der Waals surface area contributed by atoms with Crippen LogP contribution in [0.4, 0.5) is 0 Å². The van der Waals surface area contributed by atoms with Crippen LogP contribution in [0.2, 0.25) is 0 Å². The first-order valence-corrected chi connectivity index (χ1v) is 6.38. The number of thiophene rings is 1. The molecule has 0 radical (unpaired) electrons. The highest BCUT2D eigenvalue weighted by Crippen LogP contribution is 2.25. The number of rotatable bonds is 5. The fraction of sp³-hybridized carbons (Fsp3) is 0.385. The van der Waals surface area contributed by atoms with Gasteiger partial charge in [-0.3, -0.25) is 0 Å². The Bertz CT molecular complexity index is 452. The van der Waals surface area contributed by atoms with Crippen LogP contribution in [-0.4, -0.2) is 19.8 Å². The van der Waals surface area contributed by atoms with Crippen molar-refractivity contribution < 1.29 is 4.74 Å². The molecule has 0 aliphatic carbocycles. The van der Waals surface area contributed by atoms with Gasteiger partial charge < -0.3 is 10.1 Å². The molecule has 16 heavy (non-hydrogen) atoms. The molecular weight excluding hydrogens is 218 g/mol. The molecule has 1 aromatic carbocycles. The lowest BCUT2D eigenvalue weighted by atomic mass is 10.2. The molecule has 0 aliphatic heterocycles. The third kappa shape index (κ3) is 2.61. The molecular formula is C13H17NOS. The summed E-state index contributed by atoms with van der Waals surface area (Å²) in [5.74, 6) is 0. The van der Waals surface area contributed by atoms with Crippen molar-refractivity contribution in [2.24, 2.45) is 0 Å². The van der Waals surface area contributed by atoms with Crippen LogP contribution in [0.3, 0.4) is 0 Å². The van der Waals surface area contributed by atoms with Gasteiger partial charge in [0.05, 0.1) is 6.10 Å². The lowest BCUT2D eigenvalue weighted by Gasteiger charge is -2.10. The molecule has 0 bridgehead atoms. The van der Waals surface area contributed by atoms with E-state index in [1.165, 1.54) is 15.6 Å². The van der Waals surface area contributed by atoms with E-state index in [1.54, 1.807) is 7.11 Å². The van der Waals surface area contributed by atoms with E-state index < -0.39 is 0 Å². The van der Waals surface area contributed by atoms with Crippen LogP contribution in [0, 0.1) is 0 Å². The first-order chi connectivity index (χ1) is 7.81. The fourth-order valence-electron chi connectivity index (χ4n) is 1.66. The summed E-state index contributed by atoms with van der Waals surface area (Å²) < 4.78 is 6.56. The van der Waals surface area contributed by atoms with Gasteiger partial charge in [-0.25, -0.2) is 0 Å². The zero-order valence-electron chi connectivity index (χ0n) is 9.69. The second kappa shape index (κ2) is 5.43. The van der Waals surface area contributed by atoms with E-state index in [2.05, 4.69) is 41.9 Å². The number of fused-ring (bicyclic) bond motifs is 1. The lowest BCUT2D eigenvalue weighted by molar-refractivity contribution is 0.117. The zero-order valence-corrected chi connectivity index (χ0v) is 10.5. The summed E-state index contributed by atoms with van der Waals surface area (Å²) in [5.41, 5.74) is 1.38. The molecule has 0 spiro atoms. The third-order valence-corrected chi connectivity index (χ3v) is 3.72. The maximum absolute atomic E-state index is 5.20. The number of benzene rings is 1. The van der Waals surface area contributed by atoms with Crippen molar-refractivity contribution in [3.63, 3.8) is 0 Å². The fourth-order valence-corrected chi connectivity index (χ4v) is 2.63. The van der Waals surface area contributed by atoms with Crippen molar-refractivity contribution in [1.82, 2.24) is 5.32 Å². The third-order valence-electron chi connectivity index (χ3n) is 2.71. The van der Waals surface area contributed by atoms with E-state index in [-0.39, 0.29) is 6.10 Å². The topological polar surface area (TPSA) is 21.3 Å². The van der Waals surface area contributed by atoms with Gasteiger partial charge in [0.1, 0.15) is 0 Å². The van der Waals surface area contributed by atoms with Crippen LogP contribution >= 0.6 is 11.3 Å². The molecule has 3 heteroatoms. The van der Waals surface area contributed by atoms with E-state index in [1.807, 2.05) is 11.3 Å². The first kappa shape index (κ1) is 11.6. The minimum absolute atomic E-state index is 0.268. The average molecular weight is 235 g/mol. The van der Waals surface area contributed by atoms with Gasteiger partial charge in [0.25, 0.3) is 0 Å². The highest BCUT2D eigenvalue weighted by Gasteiger charge is 2.03. The molecule has 1 aromatic heterocycles. The molecule has 2 aromatic rings. The van der Waals surface area contributed by atoms with E-state index in [9.17, 15) is 0 Å². The summed E-state index contributed by atoms with van der Waals surface area (Å²) in [7, 11) is 1.74. The summed E-state index contributed by atoms with van der Waals surface area (Å²) in [5, 5.41) is 7.01. The lowest BCUT2D eigenvalue weighted by Crippen LogP contribution is -2.25. The quantitative estimate of drug-likeness (QED) is 0.860. The molecule has 2 nitrogen and oxygen atoms in total. The van der Waals surface area contributed by atoms with Gasteiger partial charge in [-0.15, -0.1) is 11.3 Å². The second-order valence-corrected chi connectivity index (χ2v) is 4.85. The summed E-state index contributed by atoms with van der Waals surface area (Å²) in [6, 6.07) is 8.53. The largest absolute Gasteiger partial charge is 0.380 e. The monoisotopic (exact) mass is 235 g/mol.